The second-order valence-electron chi connectivity index (χ2n) is 5.31. The number of hydrogen-bond donors (Lipinski definition) is 1. The summed E-state index contributed by atoms with van der Waals surface area (Å²) in [5, 5.41) is 4.25. The molecule has 0 spiro atoms. The van der Waals surface area contributed by atoms with Crippen LogP contribution < -0.4 is 10.2 Å². The van der Waals surface area contributed by atoms with Gasteiger partial charge in [-0.15, -0.1) is 0 Å². The number of nitrogens with one attached hydrogen (secondary N) is 1. The summed E-state index contributed by atoms with van der Waals surface area (Å²) in [6, 6.07) is 17.5. The van der Waals surface area contributed by atoms with Crippen molar-refractivity contribution in [2.24, 2.45) is 5.10 Å². The highest BCUT2D eigenvalue weighted by Gasteiger charge is 2.05. The van der Waals surface area contributed by atoms with Crippen molar-refractivity contribution in [1.29, 1.82) is 0 Å². The van der Waals surface area contributed by atoms with Crippen LogP contribution in [0.4, 0.5) is 0 Å². The van der Waals surface area contributed by atoms with Crippen LogP contribution in [0.15, 0.2) is 59.7 Å². The van der Waals surface area contributed by atoms with Crippen LogP contribution in [0.5, 0.6) is 5.75 Å². The molecule has 0 aliphatic rings. The third kappa shape index (κ3) is 5.58. The number of ether oxygens (including phenoxy) is 1. The zero-order valence-electron chi connectivity index (χ0n) is 13.6. The Hall–Kier alpha value is -2.62. The lowest BCUT2D eigenvalue weighted by Gasteiger charge is -2.08. The molecular formula is C19H22N2O2. The van der Waals surface area contributed by atoms with Crippen LogP contribution >= 0.6 is 0 Å². The summed E-state index contributed by atoms with van der Waals surface area (Å²) in [6.45, 7) is 4.01. The molecule has 0 saturated heterocycles. The first-order valence-electron chi connectivity index (χ1n) is 7.79. The maximum Gasteiger partial charge on any atom is 0.277 e. The molecule has 0 heterocycles. The molecule has 2 aromatic carbocycles. The van der Waals surface area contributed by atoms with Crippen LogP contribution in [-0.4, -0.2) is 18.2 Å². The average Bonchev–Trinajstić information content (AvgIpc) is 2.57. The molecule has 4 nitrogen and oxygen atoms in total. The number of hydrogen-bond acceptors (Lipinski definition) is 3. The number of rotatable bonds is 7. The van der Waals surface area contributed by atoms with Gasteiger partial charge < -0.3 is 4.74 Å². The Kier molecular flexibility index (Phi) is 6.36. The van der Waals surface area contributed by atoms with Gasteiger partial charge in [0.15, 0.2) is 6.61 Å². The van der Waals surface area contributed by atoms with Gasteiger partial charge in [-0.1, -0.05) is 55.8 Å². The van der Waals surface area contributed by atoms with Crippen molar-refractivity contribution in [2.75, 3.05) is 6.61 Å². The smallest absolute Gasteiger partial charge is 0.277 e. The Balaban J connectivity index is 1.92. The third-order valence-corrected chi connectivity index (χ3v) is 3.27. The second-order valence-corrected chi connectivity index (χ2v) is 5.31. The minimum atomic E-state index is -0.268. The van der Waals surface area contributed by atoms with Gasteiger partial charge in [-0.05, 0) is 36.6 Å². The van der Waals surface area contributed by atoms with Gasteiger partial charge >= 0.3 is 0 Å². The SMILES string of the molecule is CCC/C(=N/NC(=O)COc1cccc(C)c1)c1ccccc1. The predicted molar refractivity (Wildman–Crippen MR) is 92.7 cm³/mol. The maximum absolute atomic E-state index is 11.9. The topological polar surface area (TPSA) is 50.7 Å². The van der Waals surface area contributed by atoms with E-state index < -0.39 is 0 Å². The standard InChI is InChI=1S/C19H22N2O2/c1-3-8-18(16-10-5-4-6-11-16)20-21-19(22)14-23-17-12-7-9-15(2)13-17/h4-7,9-13H,3,8,14H2,1-2H3,(H,21,22)/b20-18-. The molecule has 2 aromatic rings. The van der Waals surface area contributed by atoms with E-state index in [4.69, 9.17) is 4.74 Å². The van der Waals surface area contributed by atoms with Gasteiger partial charge in [0.05, 0.1) is 5.71 Å². The molecule has 0 bridgehead atoms. The fourth-order valence-corrected chi connectivity index (χ4v) is 2.15. The Bertz CT molecular complexity index is 666. The molecule has 4 heteroatoms. The molecule has 2 rings (SSSR count). The first-order valence-corrected chi connectivity index (χ1v) is 7.79. The summed E-state index contributed by atoms with van der Waals surface area (Å²) < 4.78 is 5.47. The number of nitrogens with zero attached hydrogens (tertiary/aromatic N) is 1. The quantitative estimate of drug-likeness (QED) is 0.626. The van der Waals surface area contributed by atoms with Crippen molar-refractivity contribution < 1.29 is 9.53 Å². The highest BCUT2D eigenvalue weighted by Crippen LogP contribution is 2.12. The fourth-order valence-electron chi connectivity index (χ4n) is 2.15. The van der Waals surface area contributed by atoms with Crippen molar-refractivity contribution >= 4 is 11.6 Å². The van der Waals surface area contributed by atoms with Crippen LogP contribution in [0.3, 0.4) is 0 Å². The monoisotopic (exact) mass is 310 g/mol. The van der Waals surface area contributed by atoms with Gasteiger partial charge in [-0.25, -0.2) is 5.43 Å². The van der Waals surface area contributed by atoms with E-state index in [0.29, 0.717) is 5.75 Å². The zero-order chi connectivity index (χ0) is 16.5. The average molecular weight is 310 g/mol. The van der Waals surface area contributed by atoms with Gasteiger partial charge in [0, 0.05) is 0 Å². The lowest BCUT2D eigenvalue weighted by Crippen LogP contribution is -2.26. The van der Waals surface area contributed by atoms with Gasteiger partial charge in [0.2, 0.25) is 0 Å². The summed E-state index contributed by atoms with van der Waals surface area (Å²) in [5.74, 6) is 0.414. The van der Waals surface area contributed by atoms with Gasteiger partial charge in [0.25, 0.3) is 5.91 Å². The fraction of sp³-hybridized carbons (Fsp3) is 0.263. The molecule has 0 atom stereocenters. The Morgan fingerprint density at radius 1 is 1.13 bits per heavy atom. The molecular weight excluding hydrogens is 288 g/mol. The van der Waals surface area contributed by atoms with Crippen molar-refractivity contribution in [2.45, 2.75) is 26.7 Å². The number of carbonyl (C=O) groups is 1. The largest absolute Gasteiger partial charge is 0.484 e. The third-order valence-electron chi connectivity index (χ3n) is 3.27. The zero-order valence-corrected chi connectivity index (χ0v) is 13.6. The minimum absolute atomic E-state index is 0.0544. The molecule has 0 radical (unpaired) electrons. The van der Waals surface area contributed by atoms with Crippen LogP contribution in [0.2, 0.25) is 0 Å². The first-order chi connectivity index (χ1) is 11.2. The van der Waals surface area contributed by atoms with E-state index in [-0.39, 0.29) is 12.5 Å². The Labute approximate surface area is 137 Å². The Morgan fingerprint density at radius 3 is 2.61 bits per heavy atom. The number of amides is 1. The van der Waals surface area contributed by atoms with E-state index in [1.54, 1.807) is 0 Å². The molecule has 0 unspecified atom stereocenters. The summed E-state index contributed by atoms with van der Waals surface area (Å²) in [6.07, 6.45) is 1.77. The number of hydrazone groups is 1. The van der Waals surface area contributed by atoms with Crippen molar-refractivity contribution in [3.63, 3.8) is 0 Å². The van der Waals surface area contributed by atoms with E-state index >= 15 is 0 Å². The highest BCUT2D eigenvalue weighted by molar-refractivity contribution is 6.01. The van der Waals surface area contributed by atoms with E-state index in [9.17, 15) is 4.79 Å². The van der Waals surface area contributed by atoms with E-state index in [0.717, 1.165) is 29.7 Å². The summed E-state index contributed by atoms with van der Waals surface area (Å²) in [4.78, 5) is 11.9. The summed E-state index contributed by atoms with van der Waals surface area (Å²) in [7, 11) is 0. The first kappa shape index (κ1) is 16.7. The van der Waals surface area contributed by atoms with Crippen LogP contribution in [-0.2, 0) is 4.79 Å². The molecule has 1 N–H and O–H groups in total. The normalized spacial score (nSPS) is 11.1. The molecule has 0 aliphatic carbocycles. The molecule has 0 aliphatic heterocycles. The van der Waals surface area contributed by atoms with Crippen molar-refractivity contribution in [3.8, 4) is 5.75 Å². The number of carbonyl (C=O) groups excluding carboxylic acids is 1. The van der Waals surface area contributed by atoms with Crippen LogP contribution in [0.25, 0.3) is 0 Å². The Morgan fingerprint density at radius 2 is 1.91 bits per heavy atom. The second kappa shape index (κ2) is 8.73. The molecule has 1 amide bonds. The van der Waals surface area contributed by atoms with Gasteiger partial charge in [0.1, 0.15) is 5.75 Å². The predicted octanol–water partition coefficient (Wildman–Crippen LogP) is 3.69. The van der Waals surface area contributed by atoms with E-state index in [1.807, 2.05) is 61.5 Å². The van der Waals surface area contributed by atoms with Crippen LogP contribution in [0, 0.1) is 6.92 Å². The lowest BCUT2D eigenvalue weighted by molar-refractivity contribution is -0.123. The van der Waals surface area contributed by atoms with Crippen molar-refractivity contribution in [1.82, 2.24) is 5.43 Å². The maximum atomic E-state index is 11.9. The minimum Gasteiger partial charge on any atom is -0.484 e. The molecule has 23 heavy (non-hydrogen) atoms. The molecule has 0 fully saturated rings. The van der Waals surface area contributed by atoms with Crippen molar-refractivity contribution in [3.05, 3.63) is 65.7 Å². The summed E-state index contributed by atoms with van der Waals surface area (Å²) in [5.41, 5.74) is 5.56. The number of aryl methyl sites for hydroxylation is 1. The molecule has 0 aromatic heterocycles. The molecule has 0 saturated carbocycles. The van der Waals surface area contributed by atoms with Gasteiger partial charge in [-0.3, -0.25) is 4.79 Å². The van der Waals surface area contributed by atoms with Gasteiger partial charge in [-0.2, -0.15) is 5.10 Å². The lowest BCUT2D eigenvalue weighted by atomic mass is 10.1. The molecule has 120 valence electrons. The van der Waals surface area contributed by atoms with E-state index in [2.05, 4.69) is 17.5 Å². The van der Waals surface area contributed by atoms with Crippen LogP contribution in [0.1, 0.15) is 30.9 Å². The number of benzene rings is 2. The highest BCUT2D eigenvalue weighted by atomic mass is 16.5. The summed E-state index contributed by atoms with van der Waals surface area (Å²) >= 11 is 0. The van der Waals surface area contributed by atoms with E-state index in [1.165, 1.54) is 0 Å².